The predicted molar refractivity (Wildman–Crippen MR) is 102 cm³/mol. The minimum Gasteiger partial charge on any atom is -0.489 e. The Kier molecular flexibility index (Phi) is 6.31. The van der Waals surface area contributed by atoms with Gasteiger partial charge in [-0.15, -0.1) is 0 Å². The zero-order valence-electron chi connectivity index (χ0n) is 15.7. The van der Waals surface area contributed by atoms with Crippen LogP contribution < -0.4 is 4.74 Å². The summed E-state index contributed by atoms with van der Waals surface area (Å²) in [5, 5.41) is 3.97. The predicted octanol–water partition coefficient (Wildman–Crippen LogP) is 4.83. The summed E-state index contributed by atoms with van der Waals surface area (Å²) in [6.07, 6.45) is -3.98. The van der Waals surface area contributed by atoms with Crippen LogP contribution in [0.25, 0.3) is 5.69 Å². The number of halogens is 5. The SMILES string of the molecule is CN(CCOc1ccccc1F)C(=O)c1cnn(-c2cccc(Cl)c2)c1C(F)(F)F. The molecule has 0 N–H and O–H groups in total. The standard InChI is InChI=1S/C20H16ClF4N3O2/c1-27(9-10-30-17-8-3-2-7-16(17)22)19(29)15-12-26-28(18(15)20(23,24)25)14-6-4-5-13(21)11-14/h2-8,11-12H,9-10H2,1H3. The van der Waals surface area contributed by atoms with Crippen molar-refractivity contribution in [3.05, 3.63) is 76.8 Å². The van der Waals surface area contributed by atoms with Gasteiger partial charge in [-0.25, -0.2) is 9.07 Å². The Hall–Kier alpha value is -3.07. The maximum atomic E-state index is 13.7. The molecule has 0 saturated carbocycles. The van der Waals surface area contributed by atoms with Crippen LogP contribution in [0.5, 0.6) is 5.75 Å². The van der Waals surface area contributed by atoms with Gasteiger partial charge in [0, 0.05) is 12.1 Å². The third-order valence-corrected chi connectivity index (χ3v) is 4.42. The van der Waals surface area contributed by atoms with Crippen LogP contribution in [0.2, 0.25) is 5.02 Å². The quantitative estimate of drug-likeness (QED) is 0.514. The van der Waals surface area contributed by atoms with E-state index in [1.54, 1.807) is 6.07 Å². The van der Waals surface area contributed by atoms with Gasteiger partial charge in [0.05, 0.1) is 24.0 Å². The molecule has 158 valence electrons. The van der Waals surface area contributed by atoms with Gasteiger partial charge in [0.25, 0.3) is 5.91 Å². The van der Waals surface area contributed by atoms with E-state index in [4.69, 9.17) is 16.3 Å². The van der Waals surface area contributed by atoms with Gasteiger partial charge in [0.1, 0.15) is 6.61 Å². The number of ether oxygens (including phenoxy) is 1. The molecule has 1 amide bonds. The van der Waals surface area contributed by atoms with E-state index in [1.165, 1.54) is 49.5 Å². The van der Waals surface area contributed by atoms with E-state index in [-0.39, 0.29) is 29.6 Å². The van der Waals surface area contributed by atoms with Crippen molar-refractivity contribution in [3.63, 3.8) is 0 Å². The number of benzene rings is 2. The van der Waals surface area contributed by atoms with Crippen molar-refractivity contribution in [1.82, 2.24) is 14.7 Å². The number of amides is 1. The number of carbonyl (C=O) groups is 1. The maximum absolute atomic E-state index is 13.7. The number of hydrogen-bond acceptors (Lipinski definition) is 3. The van der Waals surface area contributed by atoms with E-state index in [0.29, 0.717) is 4.68 Å². The normalized spacial score (nSPS) is 11.4. The van der Waals surface area contributed by atoms with E-state index < -0.39 is 29.2 Å². The summed E-state index contributed by atoms with van der Waals surface area (Å²) in [7, 11) is 1.32. The van der Waals surface area contributed by atoms with Gasteiger partial charge >= 0.3 is 6.18 Å². The Morgan fingerprint density at radius 1 is 1.20 bits per heavy atom. The Morgan fingerprint density at radius 2 is 1.93 bits per heavy atom. The molecule has 1 heterocycles. The lowest BCUT2D eigenvalue weighted by Crippen LogP contribution is -2.32. The molecule has 30 heavy (non-hydrogen) atoms. The van der Waals surface area contributed by atoms with Gasteiger partial charge in [-0.3, -0.25) is 4.79 Å². The molecule has 0 fully saturated rings. The van der Waals surface area contributed by atoms with Crippen LogP contribution in [0.3, 0.4) is 0 Å². The molecule has 0 bridgehead atoms. The average Bonchev–Trinajstić information content (AvgIpc) is 3.14. The van der Waals surface area contributed by atoms with Gasteiger partial charge < -0.3 is 9.64 Å². The number of rotatable bonds is 6. The molecule has 0 spiro atoms. The van der Waals surface area contributed by atoms with E-state index in [2.05, 4.69) is 5.10 Å². The smallest absolute Gasteiger partial charge is 0.434 e. The second kappa shape index (κ2) is 8.74. The molecule has 0 aliphatic heterocycles. The molecule has 0 aliphatic carbocycles. The largest absolute Gasteiger partial charge is 0.489 e. The summed E-state index contributed by atoms with van der Waals surface area (Å²) < 4.78 is 60.7. The van der Waals surface area contributed by atoms with Gasteiger partial charge in [-0.2, -0.15) is 18.3 Å². The number of hydrogen-bond donors (Lipinski definition) is 0. The van der Waals surface area contributed by atoms with Crippen molar-refractivity contribution in [2.24, 2.45) is 0 Å². The molecule has 5 nitrogen and oxygen atoms in total. The Labute approximate surface area is 174 Å². The molecular formula is C20H16ClF4N3O2. The molecule has 0 aliphatic rings. The molecule has 3 aromatic rings. The summed E-state index contributed by atoms with van der Waals surface area (Å²) in [4.78, 5) is 13.7. The van der Waals surface area contributed by atoms with E-state index in [1.807, 2.05) is 0 Å². The summed E-state index contributed by atoms with van der Waals surface area (Å²) in [5.74, 6) is -1.48. The van der Waals surface area contributed by atoms with Crippen molar-refractivity contribution in [3.8, 4) is 11.4 Å². The van der Waals surface area contributed by atoms with Crippen molar-refractivity contribution >= 4 is 17.5 Å². The fourth-order valence-electron chi connectivity index (χ4n) is 2.74. The molecule has 10 heteroatoms. The first-order chi connectivity index (χ1) is 14.2. The first kappa shape index (κ1) is 21.6. The van der Waals surface area contributed by atoms with Gasteiger partial charge in [-0.1, -0.05) is 29.8 Å². The lowest BCUT2D eigenvalue weighted by molar-refractivity contribution is -0.143. The Morgan fingerprint density at radius 3 is 2.60 bits per heavy atom. The van der Waals surface area contributed by atoms with Crippen LogP contribution in [-0.4, -0.2) is 40.8 Å². The van der Waals surface area contributed by atoms with Crippen LogP contribution in [-0.2, 0) is 6.18 Å². The number of nitrogens with zero attached hydrogens (tertiary/aromatic N) is 3. The minimum absolute atomic E-state index is 0.0110. The Bertz CT molecular complexity index is 1050. The lowest BCUT2D eigenvalue weighted by atomic mass is 10.2. The third-order valence-electron chi connectivity index (χ3n) is 4.19. The molecule has 0 unspecified atom stereocenters. The molecule has 0 atom stereocenters. The van der Waals surface area contributed by atoms with E-state index in [0.717, 1.165) is 11.1 Å². The molecule has 0 radical (unpaired) electrons. The second-order valence-corrected chi connectivity index (χ2v) is 6.74. The first-order valence-electron chi connectivity index (χ1n) is 8.72. The number of likely N-dealkylation sites (N-methyl/N-ethyl adjacent to an activating group) is 1. The molecule has 2 aromatic carbocycles. The fourth-order valence-corrected chi connectivity index (χ4v) is 2.93. The zero-order chi connectivity index (χ0) is 21.9. The highest BCUT2D eigenvalue weighted by atomic mass is 35.5. The monoisotopic (exact) mass is 441 g/mol. The van der Waals surface area contributed by atoms with Crippen LogP contribution in [0.4, 0.5) is 17.6 Å². The highest BCUT2D eigenvalue weighted by Crippen LogP contribution is 2.34. The van der Waals surface area contributed by atoms with Crippen LogP contribution in [0, 0.1) is 5.82 Å². The third kappa shape index (κ3) is 4.73. The lowest BCUT2D eigenvalue weighted by Gasteiger charge is -2.19. The van der Waals surface area contributed by atoms with Crippen molar-refractivity contribution < 1.29 is 27.1 Å². The number of alkyl halides is 3. The van der Waals surface area contributed by atoms with Crippen molar-refractivity contribution in [2.75, 3.05) is 20.2 Å². The average molecular weight is 442 g/mol. The number of para-hydroxylation sites is 1. The molecule has 3 rings (SSSR count). The summed E-state index contributed by atoms with van der Waals surface area (Å²) >= 11 is 5.86. The maximum Gasteiger partial charge on any atom is 0.434 e. The van der Waals surface area contributed by atoms with Crippen molar-refractivity contribution in [1.29, 1.82) is 0 Å². The molecule has 1 aromatic heterocycles. The summed E-state index contributed by atoms with van der Waals surface area (Å²) in [6.45, 7) is -0.167. The van der Waals surface area contributed by atoms with Crippen LogP contribution in [0.1, 0.15) is 16.1 Å². The highest BCUT2D eigenvalue weighted by molar-refractivity contribution is 6.30. The van der Waals surface area contributed by atoms with E-state index >= 15 is 0 Å². The van der Waals surface area contributed by atoms with Crippen LogP contribution in [0.15, 0.2) is 54.7 Å². The molecule has 0 saturated heterocycles. The fraction of sp³-hybridized carbons (Fsp3) is 0.200. The highest BCUT2D eigenvalue weighted by Gasteiger charge is 2.41. The van der Waals surface area contributed by atoms with Crippen LogP contribution >= 0.6 is 11.6 Å². The first-order valence-corrected chi connectivity index (χ1v) is 9.10. The second-order valence-electron chi connectivity index (χ2n) is 6.30. The van der Waals surface area contributed by atoms with Gasteiger partial charge in [0.2, 0.25) is 0 Å². The topological polar surface area (TPSA) is 47.4 Å². The Balaban J connectivity index is 1.80. The van der Waals surface area contributed by atoms with Gasteiger partial charge in [0.15, 0.2) is 17.3 Å². The number of carbonyl (C=O) groups excluding carboxylic acids is 1. The number of aromatic nitrogens is 2. The molecular weight excluding hydrogens is 426 g/mol. The zero-order valence-corrected chi connectivity index (χ0v) is 16.4. The van der Waals surface area contributed by atoms with E-state index in [9.17, 15) is 22.4 Å². The minimum atomic E-state index is -4.84. The van der Waals surface area contributed by atoms with Crippen molar-refractivity contribution in [2.45, 2.75) is 6.18 Å². The summed E-state index contributed by atoms with van der Waals surface area (Å²) in [6, 6.07) is 11.4. The van der Waals surface area contributed by atoms with Gasteiger partial charge in [-0.05, 0) is 30.3 Å². The summed E-state index contributed by atoms with van der Waals surface area (Å²) in [5.41, 5.74) is -1.76.